The fraction of sp³-hybridized carbons (Fsp3) is 1.00. The molecular formula is C6H14S9. The molecule has 0 radical (unpaired) electrons. The Balaban J connectivity index is 3.93. The standard InChI is InChI=1S/C6H14S9/c7-1-11-5(12-2-8)15-6(13-3-9)14-4-10/h5-10H,1-4H2. The van der Waals surface area contributed by atoms with Gasteiger partial charge in [-0.25, -0.2) is 0 Å². The van der Waals surface area contributed by atoms with Crippen molar-refractivity contribution in [2.45, 2.75) is 7.83 Å². The van der Waals surface area contributed by atoms with Crippen LogP contribution in [0.1, 0.15) is 0 Å². The van der Waals surface area contributed by atoms with E-state index in [2.05, 4.69) is 50.5 Å². The maximum Gasteiger partial charge on any atom is 0.0991 e. The van der Waals surface area contributed by atoms with Gasteiger partial charge in [-0.1, -0.05) is 0 Å². The summed E-state index contributed by atoms with van der Waals surface area (Å²) in [5.74, 6) is 0. The number of hydrogen-bond acceptors (Lipinski definition) is 9. The van der Waals surface area contributed by atoms with Crippen molar-refractivity contribution in [1.82, 2.24) is 0 Å². The van der Waals surface area contributed by atoms with E-state index >= 15 is 0 Å². The molecule has 0 rings (SSSR count). The van der Waals surface area contributed by atoms with Crippen LogP contribution in [0, 0.1) is 0 Å². The average molecular weight is 375 g/mol. The molecule has 0 amide bonds. The van der Waals surface area contributed by atoms with Crippen molar-refractivity contribution in [3.8, 4) is 0 Å². The van der Waals surface area contributed by atoms with Crippen molar-refractivity contribution < 1.29 is 0 Å². The third kappa shape index (κ3) is 10.7. The van der Waals surface area contributed by atoms with E-state index in [1.807, 2.05) is 58.8 Å². The summed E-state index contributed by atoms with van der Waals surface area (Å²) in [5, 5.41) is 3.40. The molecule has 0 fully saturated rings. The zero-order valence-corrected chi connectivity index (χ0v) is 15.5. The fourth-order valence-corrected chi connectivity index (χ4v) is 11.3. The molecule has 0 atom stereocenters. The minimum absolute atomic E-state index is 0.504. The van der Waals surface area contributed by atoms with Crippen molar-refractivity contribution in [2.24, 2.45) is 0 Å². The highest BCUT2D eigenvalue weighted by molar-refractivity contribution is 8.43. The summed E-state index contributed by atoms with van der Waals surface area (Å²) in [6, 6.07) is 0. The molecule has 15 heavy (non-hydrogen) atoms. The van der Waals surface area contributed by atoms with Gasteiger partial charge in [-0.05, 0) is 0 Å². The van der Waals surface area contributed by atoms with Crippen LogP contribution in [0.2, 0.25) is 0 Å². The van der Waals surface area contributed by atoms with Gasteiger partial charge in [0.15, 0.2) is 0 Å². The fourth-order valence-electron chi connectivity index (χ4n) is 0.588. The van der Waals surface area contributed by atoms with Crippen LogP contribution in [0.5, 0.6) is 0 Å². The van der Waals surface area contributed by atoms with Gasteiger partial charge in [-0.2, -0.15) is 50.5 Å². The SMILES string of the molecule is SCSC(SCS)SC(SCS)SCS. The third-order valence-electron chi connectivity index (χ3n) is 1.06. The maximum absolute atomic E-state index is 4.25. The van der Waals surface area contributed by atoms with E-state index in [1.54, 1.807) is 0 Å². The smallest absolute Gasteiger partial charge is 0.0991 e. The topological polar surface area (TPSA) is 0 Å². The van der Waals surface area contributed by atoms with Crippen molar-refractivity contribution in [1.29, 1.82) is 0 Å². The second kappa shape index (κ2) is 13.6. The van der Waals surface area contributed by atoms with Crippen LogP contribution in [0.4, 0.5) is 0 Å². The van der Waals surface area contributed by atoms with Gasteiger partial charge < -0.3 is 0 Å². The van der Waals surface area contributed by atoms with Crippen molar-refractivity contribution in [3.05, 3.63) is 0 Å². The molecule has 0 aliphatic carbocycles. The van der Waals surface area contributed by atoms with Crippen molar-refractivity contribution in [3.63, 3.8) is 0 Å². The molecule has 0 bridgehead atoms. The first kappa shape index (κ1) is 18.1. The van der Waals surface area contributed by atoms with E-state index in [1.165, 1.54) is 0 Å². The summed E-state index contributed by atoms with van der Waals surface area (Å²) >= 11 is 26.3. The number of rotatable bonds is 10. The minimum Gasteiger partial charge on any atom is -0.168 e. The molecule has 0 aliphatic rings. The van der Waals surface area contributed by atoms with E-state index in [9.17, 15) is 0 Å². The molecule has 0 saturated heterocycles. The third-order valence-corrected chi connectivity index (χ3v) is 9.58. The second-order valence-electron chi connectivity index (χ2n) is 1.90. The lowest BCUT2D eigenvalue weighted by molar-refractivity contribution is 1.91. The van der Waals surface area contributed by atoms with E-state index in [4.69, 9.17) is 0 Å². The van der Waals surface area contributed by atoms with Gasteiger partial charge in [-0.15, -0.1) is 58.8 Å². The van der Waals surface area contributed by atoms with Crippen LogP contribution in [-0.4, -0.2) is 28.2 Å². The highest BCUT2D eigenvalue weighted by atomic mass is 32.3. The maximum atomic E-state index is 4.25. The van der Waals surface area contributed by atoms with Crippen LogP contribution < -0.4 is 0 Å². The molecule has 0 spiro atoms. The monoisotopic (exact) mass is 374 g/mol. The van der Waals surface area contributed by atoms with Crippen LogP contribution in [0.25, 0.3) is 0 Å². The Kier molecular flexibility index (Phi) is 16.4. The predicted octanol–water partition coefficient (Wildman–Crippen LogP) is 4.77. The molecule has 0 aromatic heterocycles. The molecule has 92 valence electrons. The lowest BCUT2D eigenvalue weighted by atomic mass is 11.8. The molecule has 0 unspecified atom stereocenters. The van der Waals surface area contributed by atoms with Gasteiger partial charge in [0, 0.05) is 20.3 Å². The molecule has 0 aliphatic heterocycles. The summed E-state index contributed by atoms with van der Waals surface area (Å²) in [6.45, 7) is 0. The summed E-state index contributed by atoms with van der Waals surface area (Å²) in [4.78, 5) is 0. The molecule has 0 aromatic carbocycles. The normalized spacial score (nSPS) is 11.6. The average Bonchev–Trinajstić information content (AvgIpc) is 2.19. The Morgan fingerprint density at radius 2 is 0.867 bits per heavy atom. The highest BCUT2D eigenvalue weighted by Crippen LogP contribution is 2.45. The van der Waals surface area contributed by atoms with E-state index in [-0.39, 0.29) is 0 Å². The van der Waals surface area contributed by atoms with Crippen LogP contribution in [0.3, 0.4) is 0 Å². The van der Waals surface area contributed by atoms with E-state index in [0.717, 1.165) is 20.3 Å². The Morgan fingerprint density at radius 1 is 0.600 bits per heavy atom. The molecule has 0 saturated carbocycles. The lowest BCUT2D eigenvalue weighted by Gasteiger charge is -2.20. The van der Waals surface area contributed by atoms with Gasteiger partial charge in [0.1, 0.15) is 0 Å². The van der Waals surface area contributed by atoms with Gasteiger partial charge in [0.2, 0.25) is 0 Å². The Bertz CT molecular complexity index is 106. The van der Waals surface area contributed by atoms with Crippen molar-refractivity contribution >= 4 is 109 Å². The molecule has 9 heteroatoms. The minimum atomic E-state index is 0.504. The van der Waals surface area contributed by atoms with Crippen LogP contribution in [-0.2, 0) is 0 Å². The molecule has 0 nitrogen and oxygen atoms in total. The zero-order valence-electron chi connectivity index (χ0n) is 7.81. The van der Waals surface area contributed by atoms with Gasteiger partial charge in [0.25, 0.3) is 0 Å². The van der Waals surface area contributed by atoms with Gasteiger partial charge in [0.05, 0.1) is 7.83 Å². The second-order valence-corrected chi connectivity index (χ2v) is 12.3. The first-order valence-corrected chi connectivity index (χ1v) is 11.5. The summed E-state index contributed by atoms with van der Waals surface area (Å²) < 4.78 is 1.01. The van der Waals surface area contributed by atoms with E-state index in [0.29, 0.717) is 7.83 Å². The number of hydrogen-bond donors (Lipinski definition) is 4. The number of thioether (sulfide) groups is 5. The molecular weight excluding hydrogens is 361 g/mol. The largest absolute Gasteiger partial charge is 0.168 e. The van der Waals surface area contributed by atoms with Crippen molar-refractivity contribution in [2.75, 3.05) is 20.3 Å². The highest BCUT2D eigenvalue weighted by Gasteiger charge is 2.17. The summed E-state index contributed by atoms with van der Waals surface area (Å²) in [7, 11) is 0. The summed E-state index contributed by atoms with van der Waals surface area (Å²) in [6.07, 6.45) is 0. The Morgan fingerprint density at radius 3 is 1.07 bits per heavy atom. The lowest BCUT2D eigenvalue weighted by Crippen LogP contribution is -1.99. The quantitative estimate of drug-likeness (QED) is 0.320. The first-order valence-electron chi connectivity index (χ1n) is 3.83. The molecule has 0 N–H and O–H groups in total. The first-order chi connectivity index (χ1) is 7.28. The predicted molar refractivity (Wildman–Crippen MR) is 101 cm³/mol. The van der Waals surface area contributed by atoms with Gasteiger partial charge >= 0.3 is 0 Å². The number of thiol groups is 4. The Labute approximate surface area is 136 Å². The summed E-state index contributed by atoms with van der Waals surface area (Å²) in [5.41, 5.74) is 0. The zero-order chi connectivity index (χ0) is 11.5. The van der Waals surface area contributed by atoms with E-state index < -0.39 is 0 Å². The molecule has 0 aromatic rings. The van der Waals surface area contributed by atoms with Crippen LogP contribution in [0.15, 0.2) is 0 Å². The van der Waals surface area contributed by atoms with Crippen LogP contribution >= 0.6 is 109 Å². The Hall–Kier alpha value is 3.15. The molecule has 0 heterocycles. The van der Waals surface area contributed by atoms with Gasteiger partial charge in [-0.3, -0.25) is 0 Å².